The van der Waals surface area contributed by atoms with Gasteiger partial charge in [0.05, 0.1) is 5.02 Å². The van der Waals surface area contributed by atoms with E-state index < -0.39 is 17.7 Å². The van der Waals surface area contributed by atoms with Gasteiger partial charge in [0.15, 0.2) is 6.61 Å². The molecule has 110 valence electrons. The first-order valence-corrected chi connectivity index (χ1v) is 6.91. The van der Waals surface area contributed by atoms with Crippen LogP contribution in [0.5, 0.6) is 5.75 Å². The molecule has 0 bridgehead atoms. The minimum absolute atomic E-state index is 0.0994. The molecule has 0 aliphatic heterocycles. The van der Waals surface area contributed by atoms with Crippen LogP contribution in [0.3, 0.4) is 0 Å². The normalized spacial score (nSPS) is 10.2. The van der Waals surface area contributed by atoms with Gasteiger partial charge in [-0.25, -0.2) is 9.18 Å². The van der Waals surface area contributed by atoms with E-state index in [0.29, 0.717) is 11.4 Å². The van der Waals surface area contributed by atoms with Crippen LogP contribution < -0.4 is 10.1 Å². The lowest BCUT2D eigenvalue weighted by atomic mass is 10.3. The largest absolute Gasteiger partial charge is 0.483 e. The molecule has 0 saturated heterocycles. The van der Waals surface area contributed by atoms with E-state index in [0.717, 1.165) is 17.4 Å². The van der Waals surface area contributed by atoms with Crippen LogP contribution in [0.2, 0.25) is 5.02 Å². The Morgan fingerprint density at radius 3 is 2.76 bits per heavy atom. The van der Waals surface area contributed by atoms with E-state index in [4.69, 9.17) is 21.4 Å². The summed E-state index contributed by atoms with van der Waals surface area (Å²) in [6.07, 6.45) is 0. The van der Waals surface area contributed by atoms with E-state index in [-0.39, 0.29) is 16.5 Å². The van der Waals surface area contributed by atoms with E-state index >= 15 is 0 Å². The number of carbonyl (C=O) groups excluding carboxylic acids is 1. The molecule has 0 aliphatic carbocycles. The highest BCUT2D eigenvalue weighted by atomic mass is 35.5. The van der Waals surface area contributed by atoms with Crippen molar-refractivity contribution < 1.29 is 23.8 Å². The first kappa shape index (κ1) is 15.3. The zero-order valence-corrected chi connectivity index (χ0v) is 12.0. The number of carboxylic acids is 1. The van der Waals surface area contributed by atoms with E-state index in [1.54, 1.807) is 0 Å². The minimum Gasteiger partial charge on any atom is -0.483 e. The second-order valence-corrected chi connectivity index (χ2v) is 5.24. The van der Waals surface area contributed by atoms with Crippen molar-refractivity contribution in [1.82, 2.24) is 0 Å². The van der Waals surface area contributed by atoms with Gasteiger partial charge in [0.1, 0.15) is 16.4 Å². The number of thiophene rings is 1. The second-order valence-electron chi connectivity index (χ2n) is 3.92. The van der Waals surface area contributed by atoms with Crippen LogP contribution in [0.4, 0.5) is 10.1 Å². The van der Waals surface area contributed by atoms with E-state index in [2.05, 4.69) is 5.32 Å². The van der Waals surface area contributed by atoms with Gasteiger partial charge in [-0.1, -0.05) is 11.6 Å². The molecule has 5 nitrogen and oxygen atoms in total. The van der Waals surface area contributed by atoms with Crippen molar-refractivity contribution in [2.75, 3.05) is 11.9 Å². The molecule has 0 aliphatic rings. The summed E-state index contributed by atoms with van der Waals surface area (Å²) in [4.78, 5) is 22.4. The average molecular weight is 330 g/mol. The molecule has 2 rings (SSSR count). The van der Waals surface area contributed by atoms with Crippen LogP contribution >= 0.6 is 22.9 Å². The fourth-order valence-corrected chi connectivity index (χ4v) is 2.27. The number of anilines is 1. The van der Waals surface area contributed by atoms with Crippen molar-refractivity contribution in [2.24, 2.45) is 0 Å². The maximum Gasteiger partial charge on any atom is 0.346 e. The van der Waals surface area contributed by atoms with Crippen LogP contribution in [0.15, 0.2) is 29.6 Å². The number of carboxylic acid groups (broad SMARTS) is 1. The molecule has 0 atom stereocenters. The fraction of sp³-hybridized carbons (Fsp3) is 0.0769. The summed E-state index contributed by atoms with van der Waals surface area (Å²) in [6.45, 7) is -0.301. The number of hydrogen-bond donors (Lipinski definition) is 2. The van der Waals surface area contributed by atoms with Gasteiger partial charge in [-0.05, 0) is 18.2 Å². The van der Waals surface area contributed by atoms with Crippen LogP contribution in [0.1, 0.15) is 9.67 Å². The number of hydrogen-bond acceptors (Lipinski definition) is 4. The van der Waals surface area contributed by atoms with E-state index in [9.17, 15) is 14.0 Å². The Morgan fingerprint density at radius 2 is 2.14 bits per heavy atom. The number of carbonyl (C=O) groups is 2. The zero-order chi connectivity index (χ0) is 15.4. The Labute approximate surface area is 127 Å². The molecular weight excluding hydrogens is 321 g/mol. The highest BCUT2D eigenvalue weighted by molar-refractivity contribution is 7.12. The number of benzene rings is 1. The Hall–Kier alpha value is -2.12. The van der Waals surface area contributed by atoms with Gasteiger partial charge in [-0.2, -0.15) is 0 Å². The molecule has 0 saturated carbocycles. The number of aromatic carboxylic acids is 1. The molecule has 21 heavy (non-hydrogen) atoms. The Morgan fingerprint density at radius 1 is 1.38 bits per heavy atom. The summed E-state index contributed by atoms with van der Waals surface area (Å²) in [6, 6.07) is 5.11. The van der Waals surface area contributed by atoms with Crippen LogP contribution in [0, 0.1) is 5.82 Å². The molecule has 1 aromatic carbocycles. The van der Waals surface area contributed by atoms with Crippen LogP contribution in [0.25, 0.3) is 0 Å². The first-order chi connectivity index (χ1) is 9.95. The topological polar surface area (TPSA) is 75.6 Å². The lowest BCUT2D eigenvalue weighted by Crippen LogP contribution is -2.20. The maximum atomic E-state index is 13.0. The van der Waals surface area contributed by atoms with Crippen molar-refractivity contribution in [1.29, 1.82) is 0 Å². The highest BCUT2D eigenvalue weighted by Crippen LogP contribution is 2.22. The summed E-state index contributed by atoms with van der Waals surface area (Å²) in [5.74, 6) is -1.81. The van der Waals surface area contributed by atoms with Gasteiger partial charge < -0.3 is 15.2 Å². The van der Waals surface area contributed by atoms with Gasteiger partial charge in [-0.15, -0.1) is 11.3 Å². The van der Waals surface area contributed by atoms with Gasteiger partial charge in [0, 0.05) is 17.1 Å². The molecule has 0 radical (unpaired) electrons. The van der Waals surface area contributed by atoms with Gasteiger partial charge in [0.2, 0.25) is 0 Å². The number of nitrogens with one attached hydrogen (secondary N) is 1. The summed E-state index contributed by atoms with van der Waals surface area (Å²) < 4.78 is 18.1. The number of halogens is 2. The quantitative estimate of drug-likeness (QED) is 0.883. The standard InChI is InChI=1S/C13H9ClFNO4S/c14-9-3-7(1-2-10(9)15)16-12(17)5-20-8-4-11(13(18)19)21-6-8/h1-4,6H,5H2,(H,16,17)(H,18,19). The van der Waals surface area contributed by atoms with Crippen LogP contribution in [-0.4, -0.2) is 23.6 Å². The molecule has 0 spiro atoms. The SMILES string of the molecule is O=C(COc1csc(C(=O)O)c1)Nc1ccc(F)c(Cl)c1. The lowest BCUT2D eigenvalue weighted by Gasteiger charge is -2.06. The van der Waals surface area contributed by atoms with Crippen LogP contribution in [-0.2, 0) is 4.79 Å². The Kier molecular flexibility index (Phi) is 4.77. The monoisotopic (exact) mass is 329 g/mol. The third-order valence-corrected chi connectivity index (χ3v) is 3.55. The van der Waals surface area contributed by atoms with Crippen molar-refractivity contribution in [3.8, 4) is 5.75 Å². The van der Waals surface area contributed by atoms with Crippen molar-refractivity contribution >= 4 is 40.5 Å². The van der Waals surface area contributed by atoms with E-state index in [1.807, 2.05) is 0 Å². The highest BCUT2D eigenvalue weighted by Gasteiger charge is 2.10. The lowest BCUT2D eigenvalue weighted by molar-refractivity contribution is -0.118. The predicted octanol–water partition coefficient (Wildman–Crippen LogP) is 3.26. The third-order valence-electron chi connectivity index (χ3n) is 2.36. The van der Waals surface area contributed by atoms with Crippen molar-refractivity contribution in [3.05, 3.63) is 45.4 Å². The summed E-state index contributed by atoms with van der Waals surface area (Å²) in [7, 11) is 0. The van der Waals surface area contributed by atoms with Crippen molar-refractivity contribution in [2.45, 2.75) is 0 Å². The van der Waals surface area contributed by atoms with Gasteiger partial charge in [0.25, 0.3) is 5.91 Å². The summed E-state index contributed by atoms with van der Waals surface area (Å²) >= 11 is 6.59. The predicted molar refractivity (Wildman–Crippen MR) is 76.8 cm³/mol. The van der Waals surface area contributed by atoms with E-state index in [1.165, 1.54) is 23.6 Å². The molecule has 2 N–H and O–H groups in total. The van der Waals surface area contributed by atoms with Gasteiger partial charge >= 0.3 is 5.97 Å². The molecule has 0 fully saturated rings. The average Bonchev–Trinajstić information content (AvgIpc) is 2.90. The molecule has 2 aromatic rings. The molecule has 1 aromatic heterocycles. The zero-order valence-electron chi connectivity index (χ0n) is 10.4. The minimum atomic E-state index is -1.06. The third kappa shape index (κ3) is 4.17. The number of ether oxygens (including phenoxy) is 1. The molecular formula is C13H9ClFNO4S. The summed E-state index contributed by atoms with van der Waals surface area (Å²) in [5.41, 5.74) is 0.339. The molecule has 1 amide bonds. The second kappa shape index (κ2) is 6.55. The number of amides is 1. The fourth-order valence-electron chi connectivity index (χ4n) is 1.43. The molecule has 0 unspecified atom stereocenters. The summed E-state index contributed by atoms with van der Waals surface area (Å²) in [5, 5.41) is 12.6. The Bertz CT molecular complexity index is 689. The molecule has 1 heterocycles. The first-order valence-electron chi connectivity index (χ1n) is 5.65. The van der Waals surface area contributed by atoms with Gasteiger partial charge in [-0.3, -0.25) is 4.79 Å². The number of rotatable bonds is 5. The smallest absolute Gasteiger partial charge is 0.346 e. The van der Waals surface area contributed by atoms with Crippen molar-refractivity contribution in [3.63, 3.8) is 0 Å². The maximum absolute atomic E-state index is 13.0. The molecule has 8 heteroatoms. The Balaban J connectivity index is 1.89.